The van der Waals surface area contributed by atoms with E-state index in [1.807, 2.05) is 11.3 Å². The van der Waals surface area contributed by atoms with E-state index in [1.54, 1.807) is 0 Å². The zero-order valence-corrected chi connectivity index (χ0v) is 12.6. The molecule has 2 fully saturated rings. The van der Waals surface area contributed by atoms with E-state index in [-0.39, 0.29) is 0 Å². The molecule has 4 rings (SSSR count). The Morgan fingerprint density at radius 3 is 2.60 bits per heavy atom. The lowest BCUT2D eigenvalue weighted by Gasteiger charge is -2.14. The molecule has 2 saturated carbocycles. The average molecular weight is 283 g/mol. The molecule has 0 atom stereocenters. The summed E-state index contributed by atoms with van der Waals surface area (Å²) in [6.45, 7) is 2.27. The van der Waals surface area contributed by atoms with Crippen LogP contribution in [0.3, 0.4) is 0 Å². The number of hydrogen-bond acceptors (Lipinski definition) is 2. The van der Waals surface area contributed by atoms with Crippen LogP contribution < -0.4 is 5.32 Å². The maximum absolute atomic E-state index is 3.70. The Hall–Kier alpha value is -1.12. The second kappa shape index (κ2) is 5.01. The van der Waals surface area contributed by atoms with Crippen LogP contribution in [0.2, 0.25) is 0 Å². The second-order valence-corrected chi connectivity index (χ2v) is 7.40. The Labute approximate surface area is 125 Å². The molecule has 2 aromatic rings. The quantitative estimate of drug-likeness (QED) is 0.810. The van der Waals surface area contributed by atoms with E-state index in [0.29, 0.717) is 5.41 Å². The van der Waals surface area contributed by atoms with Gasteiger partial charge in [-0.15, -0.1) is 11.3 Å². The van der Waals surface area contributed by atoms with Crippen molar-refractivity contribution in [3.05, 3.63) is 46.7 Å². The van der Waals surface area contributed by atoms with Gasteiger partial charge in [-0.3, -0.25) is 0 Å². The molecule has 0 aliphatic heterocycles. The van der Waals surface area contributed by atoms with Crippen LogP contribution in [0.5, 0.6) is 0 Å². The molecule has 2 aliphatic rings. The lowest BCUT2D eigenvalue weighted by molar-refractivity contribution is 0.404. The fourth-order valence-corrected chi connectivity index (χ4v) is 4.14. The summed E-state index contributed by atoms with van der Waals surface area (Å²) in [6, 6.07) is 13.0. The summed E-state index contributed by atoms with van der Waals surface area (Å²) in [4.78, 5) is 1.45. The van der Waals surface area contributed by atoms with Crippen molar-refractivity contribution in [2.75, 3.05) is 6.54 Å². The van der Waals surface area contributed by atoms with Crippen LogP contribution in [0.1, 0.15) is 30.6 Å². The predicted octanol–water partition coefficient (Wildman–Crippen LogP) is 4.69. The molecule has 1 aromatic carbocycles. The zero-order chi connectivity index (χ0) is 13.4. The van der Waals surface area contributed by atoms with Crippen molar-refractivity contribution >= 4 is 11.3 Å². The Kier molecular flexibility index (Phi) is 3.16. The van der Waals surface area contributed by atoms with Gasteiger partial charge in [0.15, 0.2) is 0 Å². The molecule has 0 amide bonds. The molecule has 2 aliphatic carbocycles. The first-order valence-corrected chi connectivity index (χ1v) is 8.57. The largest absolute Gasteiger partial charge is 0.311 e. The molecule has 1 heterocycles. The zero-order valence-electron chi connectivity index (χ0n) is 11.8. The van der Waals surface area contributed by atoms with Crippen LogP contribution in [0.15, 0.2) is 41.8 Å². The van der Waals surface area contributed by atoms with Gasteiger partial charge < -0.3 is 5.32 Å². The second-order valence-electron chi connectivity index (χ2n) is 6.41. The summed E-state index contributed by atoms with van der Waals surface area (Å²) in [5.74, 6) is 1.05. The maximum atomic E-state index is 3.70. The summed E-state index contributed by atoms with van der Waals surface area (Å²) in [6.07, 6.45) is 5.90. The molecule has 1 N–H and O–H groups in total. The number of hydrogen-bond donors (Lipinski definition) is 1. The van der Waals surface area contributed by atoms with Gasteiger partial charge in [-0.05, 0) is 59.6 Å². The molecule has 0 unspecified atom stereocenters. The van der Waals surface area contributed by atoms with Crippen LogP contribution >= 0.6 is 11.3 Å². The van der Waals surface area contributed by atoms with Gasteiger partial charge in [-0.1, -0.05) is 30.3 Å². The fraction of sp³-hybridized carbons (Fsp3) is 0.444. The van der Waals surface area contributed by atoms with Crippen LogP contribution in [0.25, 0.3) is 11.1 Å². The minimum atomic E-state index is 0.708. The van der Waals surface area contributed by atoms with Gasteiger partial charge in [-0.25, -0.2) is 0 Å². The van der Waals surface area contributed by atoms with Crippen molar-refractivity contribution in [2.24, 2.45) is 11.3 Å². The third-order valence-corrected chi connectivity index (χ3v) is 5.81. The normalized spacial score (nSPS) is 20.0. The summed E-state index contributed by atoms with van der Waals surface area (Å²) < 4.78 is 0. The van der Waals surface area contributed by atoms with E-state index in [4.69, 9.17) is 0 Å². The molecule has 0 bridgehead atoms. The molecule has 104 valence electrons. The SMILES string of the molecule is c1ccc(-c2csc(CNCC3(C4CC4)CC3)c2)cc1. The monoisotopic (exact) mass is 283 g/mol. The Bertz CT molecular complexity index is 578. The van der Waals surface area contributed by atoms with Crippen LogP contribution in [-0.4, -0.2) is 6.54 Å². The number of rotatable bonds is 6. The van der Waals surface area contributed by atoms with Gasteiger partial charge in [0, 0.05) is 18.0 Å². The van der Waals surface area contributed by atoms with Crippen LogP contribution in [0, 0.1) is 11.3 Å². The van der Waals surface area contributed by atoms with Gasteiger partial charge in [0.05, 0.1) is 0 Å². The molecule has 2 heteroatoms. The number of benzene rings is 1. The van der Waals surface area contributed by atoms with E-state index in [9.17, 15) is 0 Å². The van der Waals surface area contributed by atoms with Crippen molar-refractivity contribution < 1.29 is 0 Å². The van der Waals surface area contributed by atoms with Crippen molar-refractivity contribution in [1.82, 2.24) is 5.32 Å². The van der Waals surface area contributed by atoms with Crippen LogP contribution in [0.4, 0.5) is 0 Å². The highest BCUT2D eigenvalue weighted by Gasteiger charge is 2.53. The van der Waals surface area contributed by atoms with Gasteiger partial charge in [0.2, 0.25) is 0 Å². The third-order valence-electron chi connectivity index (χ3n) is 4.87. The molecule has 1 nitrogen and oxygen atoms in total. The van der Waals surface area contributed by atoms with E-state index in [0.717, 1.165) is 12.5 Å². The Morgan fingerprint density at radius 2 is 1.90 bits per heavy atom. The lowest BCUT2D eigenvalue weighted by Crippen LogP contribution is -2.24. The first kappa shape index (κ1) is 12.6. The van der Waals surface area contributed by atoms with E-state index >= 15 is 0 Å². The van der Waals surface area contributed by atoms with Crippen LogP contribution in [-0.2, 0) is 6.54 Å². The van der Waals surface area contributed by atoms with Crippen molar-refractivity contribution in [3.8, 4) is 11.1 Å². The highest BCUT2D eigenvalue weighted by atomic mass is 32.1. The maximum Gasteiger partial charge on any atom is 0.0300 e. The smallest absolute Gasteiger partial charge is 0.0300 e. The third kappa shape index (κ3) is 2.55. The molecular formula is C18H21NS. The average Bonchev–Trinajstić information content (AvgIpc) is 3.39. The minimum Gasteiger partial charge on any atom is -0.311 e. The van der Waals surface area contributed by atoms with Gasteiger partial charge in [-0.2, -0.15) is 0 Å². The molecule has 0 saturated heterocycles. The lowest BCUT2D eigenvalue weighted by atomic mass is 10.0. The van der Waals surface area contributed by atoms with Crippen molar-refractivity contribution in [2.45, 2.75) is 32.2 Å². The molecular weight excluding hydrogens is 262 g/mol. The van der Waals surface area contributed by atoms with Gasteiger partial charge >= 0.3 is 0 Å². The predicted molar refractivity (Wildman–Crippen MR) is 85.9 cm³/mol. The number of nitrogens with one attached hydrogen (secondary N) is 1. The van der Waals surface area contributed by atoms with Crippen molar-refractivity contribution in [3.63, 3.8) is 0 Å². The van der Waals surface area contributed by atoms with E-state index in [1.165, 1.54) is 48.2 Å². The molecule has 1 aromatic heterocycles. The Balaban J connectivity index is 1.34. The standard InChI is InChI=1S/C18H21NS/c1-2-4-14(5-3-1)15-10-17(20-12-15)11-19-13-18(8-9-18)16-6-7-16/h1-5,10,12,16,19H,6-9,11,13H2. The summed E-state index contributed by atoms with van der Waals surface area (Å²) in [5.41, 5.74) is 3.39. The molecule has 0 spiro atoms. The number of thiophene rings is 1. The van der Waals surface area contributed by atoms with Gasteiger partial charge in [0.1, 0.15) is 0 Å². The first-order chi connectivity index (χ1) is 9.86. The summed E-state index contributed by atoms with van der Waals surface area (Å²) in [7, 11) is 0. The van der Waals surface area contributed by atoms with Crippen molar-refractivity contribution in [1.29, 1.82) is 0 Å². The van der Waals surface area contributed by atoms with Gasteiger partial charge in [0.25, 0.3) is 0 Å². The molecule has 0 radical (unpaired) electrons. The fourth-order valence-electron chi connectivity index (χ4n) is 3.28. The summed E-state index contributed by atoms with van der Waals surface area (Å²) >= 11 is 1.88. The Morgan fingerprint density at radius 1 is 1.10 bits per heavy atom. The topological polar surface area (TPSA) is 12.0 Å². The highest BCUT2D eigenvalue weighted by molar-refractivity contribution is 7.10. The summed E-state index contributed by atoms with van der Waals surface area (Å²) in [5, 5.41) is 5.98. The molecule has 20 heavy (non-hydrogen) atoms. The minimum absolute atomic E-state index is 0.708. The highest BCUT2D eigenvalue weighted by Crippen LogP contribution is 2.60. The van der Waals surface area contributed by atoms with E-state index < -0.39 is 0 Å². The first-order valence-electron chi connectivity index (χ1n) is 7.69. The van der Waals surface area contributed by atoms with E-state index in [2.05, 4.69) is 47.1 Å².